The van der Waals surface area contributed by atoms with Crippen molar-refractivity contribution in [3.63, 3.8) is 0 Å². The average molecular weight is 432 g/mol. The Morgan fingerprint density at radius 2 is 1.77 bits per heavy atom. The average Bonchev–Trinajstić information content (AvgIpc) is 3.01. The van der Waals surface area contributed by atoms with Gasteiger partial charge < -0.3 is 15.5 Å². The van der Waals surface area contributed by atoms with E-state index < -0.39 is 6.16 Å². The first-order valence-electron chi connectivity index (χ1n) is 10.0. The fourth-order valence-electron chi connectivity index (χ4n) is 3.73. The van der Waals surface area contributed by atoms with Gasteiger partial charge in [0, 0.05) is 17.3 Å². The zero-order valence-electron chi connectivity index (χ0n) is 17.1. The first kappa shape index (κ1) is 22.0. The molecule has 0 amide bonds. The second kappa shape index (κ2) is 9.84. The molecule has 4 rings (SSSR count). The van der Waals surface area contributed by atoms with Crippen LogP contribution in [0.15, 0.2) is 24.3 Å². The molecule has 0 spiro atoms. The largest absolute Gasteiger partial charge is 0.503 e. The van der Waals surface area contributed by atoms with Crippen molar-refractivity contribution in [1.82, 2.24) is 9.97 Å². The first-order chi connectivity index (χ1) is 14.3. The Labute approximate surface area is 178 Å². The fourth-order valence-corrected chi connectivity index (χ4v) is 4.76. The lowest BCUT2D eigenvalue weighted by Gasteiger charge is -2.21. The van der Waals surface area contributed by atoms with Gasteiger partial charge in [0.1, 0.15) is 22.3 Å². The topological polar surface area (TPSA) is 95.3 Å². The molecule has 1 saturated carbocycles. The molecule has 160 valence electrons. The number of carboxylic acid groups (broad SMARTS) is 2. The van der Waals surface area contributed by atoms with Crippen LogP contribution in [0.25, 0.3) is 10.2 Å². The van der Waals surface area contributed by atoms with Crippen molar-refractivity contribution in [2.75, 3.05) is 5.32 Å². The van der Waals surface area contributed by atoms with Gasteiger partial charge in [-0.05, 0) is 49.9 Å². The third kappa shape index (κ3) is 5.44. The number of hydrogen-bond acceptors (Lipinski definition) is 5. The minimum Gasteiger partial charge on any atom is -0.450 e. The van der Waals surface area contributed by atoms with Crippen molar-refractivity contribution in [3.05, 3.63) is 51.9 Å². The number of carbonyl (C=O) groups is 1. The molecule has 0 saturated heterocycles. The number of rotatable bonds is 4. The molecule has 2 aromatic heterocycles. The summed E-state index contributed by atoms with van der Waals surface area (Å²) < 4.78 is 13.1. The lowest BCUT2D eigenvalue weighted by atomic mass is 9.88. The van der Waals surface area contributed by atoms with E-state index in [0.29, 0.717) is 12.5 Å². The second-order valence-electron chi connectivity index (χ2n) is 7.49. The summed E-state index contributed by atoms with van der Waals surface area (Å²) in [6.07, 6.45) is 4.41. The molecule has 1 fully saturated rings. The van der Waals surface area contributed by atoms with Crippen LogP contribution in [0.1, 0.15) is 59.9 Å². The Hall–Kier alpha value is -2.74. The molecule has 2 heterocycles. The SMILES string of the molecule is Cc1sc2nc(C3CCCCC3)nc(NCc3ccc(F)cc3)c2c1C.O=C(O)O. The Kier molecular flexibility index (Phi) is 7.20. The highest BCUT2D eigenvalue weighted by Crippen LogP contribution is 2.37. The number of nitrogens with one attached hydrogen (secondary N) is 1. The Morgan fingerprint density at radius 3 is 2.40 bits per heavy atom. The number of benzene rings is 1. The van der Waals surface area contributed by atoms with Crippen LogP contribution in [0.3, 0.4) is 0 Å². The third-order valence-corrected chi connectivity index (χ3v) is 6.49. The van der Waals surface area contributed by atoms with Gasteiger partial charge in [-0.15, -0.1) is 11.3 Å². The highest BCUT2D eigenvalue weighted by atomic mass is 32.1. The standard InChI is InChI=1S/C21H24FN3S.CH2O3/c1-13-14(2)26-21-18(13)20(23-12-15-8-10-17(22)11-9-15)24-19(25-21)16-6-4-3-5-7-16;2-1(3)4/h8-11,16H,3-7,12H2,1-2H3,(H,23,24,25);(H2,2,3,4). The fraction of sp³-hybridized carbons (Fsp3) is 0.409. The summed E-state index contributed by atoms with van der Waals surface area (Å²) in [5.41, 5.74) is 2.30. The highest BCUT2D eigenvalue weighted by Gasteiger charge is 2.22. The Balaban J connectivity index is 0.000000589. The van der Waals surface area contributed by atoms with Crippen LogP contribution < -0.4 is 5.32 Å². The molecule has 8 heteroatoms. The number of aromatic nitrogens is 2. The lowest BCUT2D eigenvalue weighted by Crippen LogP contribution is -2.11. The van der Waals surface area contributed by atoms with E-state index in [1.807, 2.05) is 12.1 Å². The van der Waals surface area contributed by atoms with Crippen LogP contribution >= 0.6 is 11.3 Å². The van der Waals surface area contributed by atoms with Gasteiger partial charge >= 0.3 is 6.16 Å². The van der Waals surface area contributed by atoms with E-state index in [9.17, 15) is 4.39 Å². The van der Waals surface area contributed by atoms with Crippen molar-refractivity contribution in [2.45, 2.75) is 58.4 Å². The van der Waals surface area contributed by atoms with Crippen molar-refractivity contribution in [2.24, 2.45) is 0 Å². The van der Waals surface area contributed by atoms with Crippen LogP contribution in [-0.2, 0) is 6.54 Å². The number of halogens is 1. The zero-order chi connectivity index (χ0) is 21.7. The lowest BCUT2D eigenvalue weighted by molar-refractivity contribution is 0.137. The second-order valence-corrected chi connectivity index (χ2v) is 8.69. The molecular weight excluding hydrogens is 405 g/mol. The van der Waals surface area contributed by atoms with E-state index in [1.54, 1.807) is 11.3 Å². The maximum atomic E-state index is 13.1. The smallest absolute Gasteiger partial charge is 0.450 e. The van der Waals surface area contributed by atoms with Crippen molar-refractivity contribution >= 4 is 33.5 Å². The zero-order valence-corrected chi connectivity index (χ0v) is 17.9. The number of fused-ring (bicyclic) bond motifs is 1. The molecule has 0 radical (unpaired) electrons. The number of hydrogen-bond donors (Lipinski definition) is 3. The van der Waals surface area contributed by atoms with Gasteiger partial charge in [0.2, 0.25) is 0 Å². The Morgan fingerprint density at radius 1 is 1.13 bits per heavy atom. The highest BCUT2D eigenvalue weighted by molar-refractivity contribution is 7.18. The van der Waals surface area contributed by atoms with Gasteiger partial charge in [-0.1, -0.05) is 31.4 Å². The minimum absolute atomic E-state index is 0.206. The summed E-state index contributed by atoms with van der Waals surface area (Å²) in [4.78, 5) is 20.8. The monoisotopic (exact) mass is 431 g/mol. The molecular formula is C22H26FN3O3S. The maximum Gasteiger partial charge on any atom is 0.503 e. The van der Waals surface area contributed by atoms with Crippen LogP contribution in [0.4, 0.5) is 15.0 Å². The molecule has 1 aromatic carbocycles. The number of thiophene rings is 1. The van der Waals surface area contributed by atoms with Gasteiger partial charge in [0.25, 0.3) is 0 Å². The molecule has 1 aliphatic rings. The first-order valence-corrected chi connectivity index (χ1v) is 10.8. The summed E-state index contributed by atoms with van der Waals surface area (Å²) in [7, 11) is 0. The quantitative estimate of drug-likeness (QED) is 0.447. The van der Waals surface area contributed by atoms with Crippen molar-refractivity contribution in [1.29, 1.82) is 0 Å². The van der Waals surface area contributed by atoms with E-state index in [-0.39, 0.29) is 5.82 Å². The van der Waals surface area contributed by atoms with Crippen LogP contribution in [0.2, 0.25) is 0 Å². The maximum absolute atomic E-state index is 13.1. The number of nitrogens with zero attached hydrogens (tertiary/aromatic N) is 2. The third-order valence-electron chi connectivity index (χ3n) is 5.39. The van der Waals surface area contributed by atoms with E-state index >= 15 is 0 Å². The predicted octanol–water partition coefficient (Wildman–Crippen LogP) is 6.33. The number of aryl methyl sites for hydroxylation is 2. The minimum atomic E-state index is -1.83. The van der Waals surface area contributed by atoms with E-state index in [1.165, 1.54) is 54.7 Å². The molecule has 3 aromatic rings. The van der Waals surface area contributed by atoms with Crippen LogP contribution in [0, 0.1) is 19.7 Å². The molecule has 6 nitrogen and oxygen atoms in total. The molecule has 3 N–H and O–H groups in total. The normalized spacial score (nSPS) is 14.2. The summed E-state index contributed by atoms with van der Waals surface area (Å²) >= 11 is 1.75. The molecule has 0 unspecified atom stereocenters. The molecule has 1 aliphatic carbocycles. The summed E-state index contributed by atoms with van der Waals surface area (Å²) in [6, 6.07) is 6.63. The van der Waals surface area contributed by atoms with Gasteiger partial charge in [-0.2, -0.15) is 0 Å². The number of anilines is 1. The van der Waals surface area contributed by atoms with Crippen molar-refractivity contribution in [3.8, 4) is 0 Å². The van der Waals surface area contributed by atoms with Crippen LogP contribution in [0.5, 0.6) is 0 Å². The van der Waals surface area contributed by atoms with E-state index in [2.05, 4.69) is 19.2 Å². The summed E-state index contributed by atoms with van der Waals surface area (Å²) in [5.74, 6) is 2.17. The van der Waals surface area contributed by atoms with Gasteiger partial charge in [0.15, 0.2) is 0 Å². The van der Waals surface area contributed by atoms with E-state index in [4.69, 9.17) is 25.0 Å². The van der Waals surface area contributed by atoms with Crippen LogP contribution in [-0.4, -0.2) is 26.3 Å². The molecule has 30 heavy (non-hydrogen) atoms. The predicted molar refractivity (Wildman–Crippen MR) is 117 cm³/mol. The molecule has 0 atom stereocenters. The van der Waals surface area contributed by atoms with Gasteiger partial charge in [-0.25, -0.2) is 19.2 Å². The summed E-state index contributed by atoms with van der Waals surface area (Å²) in [6.45, 7) is 4.91. The summed E-state index contributed by atoms with van der Waals surface area (Å²) in [5, 5.41) is 18.6. The van der Waals surface area contributed by atoms with Gasteiger partial charge in [0.05, 0.1) is 5.39 Å². The van der Waals surface area contributed by atoms with E-state index in [0.717, 1.165) is 27.4 Å². The van der Waals surface area contributed by atoms with Crippen molar-refractivity contribution < 1.29 is 19.4 Å². The molecule has 0 bridgehead atoms. The molecule has 0 aliphatic heterocycles. The Bertz CT molecular complexity index is 1010. The van der Waals surface area contributed by atoms with Gasteiger partial charge in [-0.3, -0.25) is 0 Å².